The molecule has 5 rings (SSSR count). The lowest BCUT2D eigenvalue weighted by Crippen LogP contribution is -2.60. The Labute approximate surface area is 237 Å². The topological polar surface area (TPSA) is 109 Å². The number of aliphatic hydroxyl groups excluding tert-OH is 1. The lowest BCUT2D eigenvalue weighted by atomic mass is 9.73. The first-order valence-electron chi connectivity index (χ1n) is 15.1. The molecule has 2 amide bonds. The van der Waals surface area contributed by atoms with Crippen molar-refractivity contribution in [2.45, 2.75) is 69.7 Å². The number of rotatable bonds is 8. The molecule has 1 unspecified atom stereocenters. The predicted octanol–water partition coefficient (Wildman–Crippen LogP) is 1.38. The van der Waals surface area contributed by atoms with E-state index in [9.17, 15) is 19.5 Å². The first-order chi connectivity index (χ1) is 19.3. The van der Waals surface area contributed by atoms with Crippen molar-refractivity contribution in [3.05, 3.63) is 24.3 Å². The van der Waals surface area contributed by atoms with E-state index in [0.29, 0.717) is 45.7 Å². The van der Waals surface area contributed by atoms with Gasteiger partial charge in [0.15, 0.2) is 0 Å². The second kappa shape index (κ2) is 11.9. The van der Waals surface area contributed by atoms with Crippen LogP contribution in [0.3, 0.4) is 0 Å². The van der Waals surface area contributed by atoms with Crippen molar-refractivity contribution in [2.75, 3.05) is 59.2 Å². The SMILES string of the molecule is CC[C@H](C)[C@H](CO)N1C(=O)[C@@H]2[C@@H]3C(=O)OCCC/C=C\[C@]3(CC)O[C@@]23C=CCN(CCN2CCOCC2)C(=O)C13. The summed E-state index contributed by atoms with van der Waals surface area (Å²) >= 11 is 0. The molecule has 0 bridgehead atoms. The van der Waals surface area contributed by atoms with E-state index < -0.39 is 41.1 Å². The molecule has 0 aromatic carbocycles. The zero-order valence-corrected chi connectivity index (χ0v) is 24.1. The number of cyclic esters (lactones) is 1. The number of likely N-dealkylation sites (tertiary alicyclic amines) is 1. The molecule has 0 radical (unpaired) electrons. The highest BCUT2D eigenvalue weighted by molar-refractivity contribution is 5.99. The molecule has 5 aliphatic rings. The van der Waals surface area contributed by atoms with Crippen LogP contribution < -0.4 is 0 Å². The molecule has 3 saturated heterocycles. The Morgan fingerprint density at radius 1 is 1.02 bits per heavy atom. The van der Waals surface area contributed by atoms with Crippen molar-refractivity contribution < 1.29 is 33.7 Å². The van der Waals surface area contributed by atoms with E-state index in [2.05, 4.69) is 4.90 Å². The van der Waals surface area contributed by atoms with Gasteiger partial charge >= 0.3 is 5.97 Å². The molecule has 10 nitrogen and oxygen atoms in total. The third-order valence-electron chi connectivity index (χ3n) is 9.79. The highest BCUT2D eigenvalue weighted by Gasteiger charge is 2.76. The Morgan fingerprint density at radius 2 is 1.80 bits per heavy atom. The Bertz CT molecular complexity index is 1030. The molecular formula is C30H45N3O7. The zero-order chi connectivity index (χ0) is 28.5. The van der Waals surface area contributed by atoms with E-state index in [0.717, 1.165) is 25.9 Å². The van der Waals surface area contributed by atoms with Gasteiger partial charge in [0.2, 0.25) is 11.8 Å². The summed E-state index contributed by atoms with van der Waals surface area (Å²) in [5, 5.41) is 10.6. The van der Waals surface area contributed by atoms with E-state index in [-0.39, 0.29) is 30.9 Å². The van der Waals surface area contributed by atoms with Gasteiger partial charge in [0.25, 0.3) is 0 Å². The Morgan fingerprint density at radius 3 is 2.50 bits per heavy atom. The molecule has 222 valence electrons. The fourth-order valence-electron chi connectivity index (χ4n) is 7.32. The lowest BCUT2D eigenvalue weighted by molar-refractivity contribution is -0.163. The number of morpholine rings is 1. The van der Waals surface area contributed by atoms with Gasteiger partial charge in [-0.1, -0.05) is 51.5 Å². The van der Waals surface area contributed by atoms with Crippen molar-refractivity contribution in [2.24, 2.45) is 17.8 Å². The summed E-state index contributed by atoms with van der Waals surface area (Å²) in [4.78, 5) is 48.4. The summed E-state index contributed by atoms with van der Waals surface area (Å²) in [6, 6.07) is -1.57. The number of ether oxygens (including phenoxy) is 3. The number of carbonyl (C=O) groups is 3. The number of fused-ring (bicyclic) bond motifs is 2. The lowest BCUT2D eigenvalue weighted by Gasteiger charge is -2.42. The minimum atomic E-state index is -1.34. The van der Waals surface area contributed by atoms with Gasteiger partial charge in [-0.05, 0) is 25.2 Å². The number of amides is 2. The van der Waals surface area contributed by atoms with Gasteiger partial charge in [-0.15, -0.1) is 0 Å². The van der Waals surface area contributed by atoms with Gasteiger partial charge < -0.3 is 29.1 Å². The van der Waals surface area contributed by atoms with Gasteiger partial charge in [0.1, 0.15) is 23.2 Å². The minimum Gasteiger partial charge on any atom is -0.465 e. The Balaban J connectivity index is 1.58. The van der Waals surface area contributed by atoms with Crippen LogP contribution in [0.4, 0.5) is 0 Å². The molecule has 3 fully saturated rings. The highest BCUT2D eigenvalue weighted by atomic mass is 16.6. The van der Waals surface area contributed by atoms with Crippen LogP contribution in [0.1, 0.15) is 46.5 Å². The number of hydrogen-bond acceptors (Lipinski definition) is 8. The molecule has 40 heavy (non-hydrogen) atoms. The standard InChI is InChI=1S/C30H45N3O7/c1-4-21(3)22(20-34)33-25-27(36)32(14-13-31-15-18-38-19-16-31)12-9-11-30(25)23(26(33)35)24-28(37)39-17-8-6-7-10-29(24,5-2)40-30/h7,9-11,21-25,34H,4-6,8,12-20H2,1-3H3/b10-7-/t21-,22-,23-,24+,25?,29-,30-/m0/s1. The summed E-state index contributed by atoms with van der Waals surface area (Å²) in [7, 11) is 0. The van der Waals surface area contributed by atoms with Crippen molar-refractivity contribution in [1.82, 2.24) is 14.7 Å². The predicted molar refractivity (Wildman–Crippen MR) is 147 cm³/mol. The molecular weight excluding hydrogens is 514 g/mol. The number of aliphatic hydroxyl groups is 1. The quantitative estimate of drug-likeness (QED) is 0.351. The number of carbonyl (C=O) groups excluding carboxylic acids is 3. The van der Waals surface area contributed by atoms with E-state index >= 15 is 0 Å². The Kier molecular flexibility index (Phi) is 8.71. The van der Waals surface area contributed by atoms with E-state index in [1.54, 1.807) is 9.80 Å². The number of hydrogen-bond donors (Lipinski definition) is 1. The summed E-state index contributed by atoms with van der Waals surface area (Å²) < 4.78 is 18.2. The summed E-state index contributed by atoms with van der Waals surface area (Å²) in [6.45, 7) is 10.5. The molecule has 0 aromatic heterocycles. The van der Waals surface area contributed by atoms with Crippen LogP contribution in [0, 0.1) is 17.8 Å². The van der Waals surface area contributed by atoms with E-state index in [1.165, 1.54) is 0 Å². The molecule has 1 spiro atoms. The van der Waals surface area contributed by atoms with Crippen LogP contribution in [0.25, 0.3) is 0 Å². The molecule has 0 aliphatic carbocycles. The Hall–Kier alpha value is -2.27. The van der Waals surface area contributed by atoms with Crippen molar-refractivity contribution in [1.29, 1.82) is 0 Å². The van der Waals surface area contributed by atoms with Crippen molar-refractivity contribution in [3.63, 3.8) is 0 Å². The van der Waals surface area contributed by atoms with Crippen LogP contribution >= 0.6 is 0 Å². The fraction of sp³-hybridized carbons (Fsp3) is 0.767. The largest absolute Gasteiger partial charge is 0.465 e. The second-order valence-corrected chi connectivity index (χ2v) is 11.9. The average Bonchev–Trinajstić information content (AvgIpc) is 3.35. The molecule has 10 heteroatoms. The molecule has 5 heterocycles. The zero-order valence-electron chi connectivity index (χ0n) is 24.1. The number of nitrogens with zero attached hydrogens (tertiary/aromatic N) is 3. The first kappa shape index (κ1) is 29.2. The second-order valence-electron chi connectivity index (χ2n) is 11.9. The average molecular weight is 560 g/mol. The smallest absolute Gasteiger partial charge is 0.313 e. The van der Waals surface area contributed by atoms with E-state index in [4.69, 9.17) is 14.2 Å². The van der Waals surface area contributed by atoms with E-state index in [1.807, 2.05) is 45.1 Å². The maximum absolute atomic E-state index is 14.6. The van der Waals surface area contributed by atoms with Gasteiger partial charge in [-0.25, -0.2) is 0 Å². The monoisotopic (exact) mass is 559 g/mol. The van der Waals surface area contributed by atoms with Gasteiger partial charge in [0.05, 0.1) is 38.4 Å². The highest BCUT2D eigenvalue weighted by Crippen LogP contribution is 2.58. The van der Waals surface area contributed by atoms with Gasteiger partial charge in [-0.2, -0.15) is 0 Å². The van der Waals surface area contributed by atoms with Crippen molar-refractivity contribution >= 4 is 17.8 Å². The third-order valence-corrected chi connectivity index (χ3v) is 9.79. The maximum atomic E-state index is 14.6. The molecule has 1 N–H and O–H groups in total. The molecule has 7 atom stereocenters. The van der Waals surface area contributed by atoms with Crippen LogP contribution in [-0.2, 0) is 28.6 Å². The van der Waals surface area contributed by atoms with Crippen LogP contribution in [0.5, 0.6) is 0 Å². The third kappa shape index (κ3) is 4.80. The fourth-order valence-corrected chi connectivity index (χ4v) is 7.32. The summed E-state index contributed by atoms with van der Waals surface area (Å²) in [5.74, 6) is -2.85. The van der Waals surface area contributed by atoms with Crippen molar-refractivity contribution in [3.8, 4) is 0 Å². The number of allylic oxidation sites excluding steroid dienone is 1. The first-order valence-corrected chi connectivity index (χ1v) is 15.1. The van der Waals surface area contributed by atoms with Crippen LogP contribution in [0.2, 0.25) is 0 Å². The van der Waals surface area contributed by atoms with Gasteiger partial charge in [0, 0.05) is 32.7 Å². The molecule has 5 aliphatic heterocycles. The van der Waals surface area contributed by atoms with Crippen LogP contribution in [0.15, 0.2) is 24.3 Å². The molecule has 0 saturated carbocycles. The van der Waals surface area contributed by atoms with Crippen LogP contribution in [-0.4, -0.2) is 120 Å². The normalized spacial score (nSPS) is 37.0. The minimum absolute atomic E-state index is 0.0602. The molecule has 0 aromatic rings. The summed E-state index contributed by atoms with van der Waals surface area (Å²) in [6.07, 6.45) is 10.3. The summed E-state index contributed by atoms with van der Waals surface area (Å²) in [5.41, 5.74) is -2.41. The number of esters is 1. The van der Waals surface area contributed by atoms with Gasteiger partial charge in [-0.3, -0.25) is 19.3 Å². The maximum Gasteiger partial charge on any atom is 0.313 e.